The monoisotopic (exact) mass is 310 g/mol. The molecule has 0 radical (unpaired) electrons. The van der Waals surface area contributed by atoms with Gasteiger partial charge in [0.2, 0.25) is 5.91 Å². The number of benzene rings is 1. The zero-order chi connectivity index (χ0) is 13.1. The van der Waals surface area contributed by atoms with Crippen molar-refractivity contribution in [3.8, 4) is 0 Å². The Kier molecular flexibility index (Phi) is 4.40. The molecule has 1 heterocycles. The van der Waals surface area contributed by atoms with Gasteiger partial charge in [0.15, 0.2) is 0 Å². The van der Waals surface area contributed by atoms with E-state index in [0.717, 1.165) is 29.5 Å². The van der Waals surface area contributed by atoms with Crippen LogP contribution in [0.4, 0.5) is 5.69 Å². The number of rotatable bonds is 2. The second-order valence-electron chi connectivity index (χ2n) is 5.11. The molecule has 0 spiro atoms. The normalized spacial score (nSPS) is 23.7. The van der Waals surface area contributed by atoms with Crippen molar-refractivity contribution in [1.29, 1.82) is 0 Å². The predicted octanol–water partition coefficient (Wildman–Crippen LogP) is 3.08. The van der Waals surface area contributed by atoms with Crippen molar-refractivity contribution in [3.63, 3.8) is 0 Å². The number of amides is 1. The lowest BCUT2D eigenvalue weighted by atomic mass is 9.94. The smallest absolute Gasteiger partial charge is 0.241 e. The molecule has 3 nitrogen and oxygen atoms in total. The third kappa shape index (κ3) is 3.33. The van der Waals surface area contributed by atoms with Crippen LogP contribution in [0.2, 0.25) is 0 Å². The van der Waals surface area contributed by atoms with E-state index >= 15 is 0 Å². The summed E-state index contributed by atoms with van der Waals surface area (Å²) in [5.74, 6) is 0.676. The van der Waals surface area contributed by atoms with Gasteiger partial charge in [0.05, 0.1) is 11.7 Å². The first-order chi connectivity index (χ1) is 8.56. The lowest BCUT2D eigenvalue weighted by molar-refractivity contribution is -0.119. The highest BCUT2D eigenvalue weighted by Gasteiger charge is 2.24. The first kappa shape index (κ1) is 13.6. The van der Waals surface area contributed by atoms with E-state index in [1.54, 1.807) is 0 Å². The van der Waals surface area contributed by atoms with Crippen LogP contribution in [0.5, 0.6) is 0 Å². The topological polar surface area (TPSA) is 41.1 Å². The van der Waals surface area contributed by atoms with Gasteiger partial charge in [-0.2, -0.15) is 0 Å². The first-order valence-electron chi connectivity index (χ1n) is 6.36. The molecule has 1 saturated heterocycles. The number of anilines is 1. The molecule has 2 atom stereocenters. The summed E-state index contributed by atoms with van der Waals surface area (Å²) in [6, 6.07) is 5.87. The Morgan fingerprint density at radius 3 is 2.94 bits per heavy atom. The molecule has 1 aliphatic rings. The summed E-state index contributed by atoms with van der Waals surface area (Å²) in [5, 5.41) is 6.25. The van der Waals surface area contributed by atoms with Crippen LogP contribution >= 0.6 is 15.9 Å². The summed E-state index contributed by atoms with van der Waals surface area (Å²) < 4.78 is 0.930. The lowest BCUT2D eigenvalue weighted by Gasteiger charge is -2.27. The quantitative estimate of drug-likeness (QED) is 0.881. The highest BCUT2D eigenvalue weighted by molar-refractivity contribution is 9.10. The molecule has 0 bridgehead atoms. The van der Waals surface area contributed by atoms with Crippen molar-refractivity contribution in [2.45, 2.75) is 32.7 Å². The Bertz CT molecular complexity index is 447. The zero-order valence-corrected chi connectivity index (χ0v) is 12.4. The standard InChI is InChI=1S/C14H19BrN2O/c1-9-3-4-12(11(15)7-9)17-14(18)13-8-10(2)5-6-16-13/h3-4,7,10,13,16H,5-6,8H2,1-2H3,(H,17,18). The molecule has 1 aromatic carbocycles. The van der Waals surface area contributed by atoms with Crippen molar-refractivity contribution in [2.75, 3.05) is 11.9 Å². The maximum absolute atomic E-state index is 12.2. The molecule has 2 rings (SSSR count). The van der Waals surface area contributed by atoms with E-state index in [1.807, 2.05) is 25.1 Å². The number of carbonyl (C=O) groups is 1. The van der Waals surface area contributed by atoms with Crippen LogP contribution < -0.4 is 10.6 Å². The molecule has 1 aliphatic heterocycles. The van der Waals surface area contributed by atoms with Crippen LogP contribution in [0.1, 0.15) is 25.3 Å². The molecule has 18 heavy (non-hydrogen) atoms. The molecule has 2 N–H and O–H groups in total. The van der Waals surface area contributed by atoms with Crippen molar-refractivity contribution < 1.29 is 4.79 Å². The number of carbonyl (C=O) groups excluding carboxylic acids is 1. The van der Waals surface area contributed by atoms with E-state index in [4.69, 9.17) is 0 Å². The summed E-state index contributed by atoms with van der Waals surface area (Å²) in [4.78, 5) is 12.2. The van der Waals surface area contributed by atoms with Crippen LogP contribution in [0.3, 0.4) is 0 Å². The Balaban J connectivity index is 2.02. The summed E-state index contributed by atoms with van der Waals surface area (Å²) in [7, 11) is 0. The SMILES string of the molecule is Cc1ccc(NC(=O)C2CC(C)CCN2)c(Br)c1. The number of aryl methyl sites for hydroxylation is 1. The minimum atomic E-state index is -0.0676. The highest BCUT2D eigenvalue weighted by atomic mass is 79.9. The van der Waals surface area contributed by atoms with Crippen LogP contribution in [0.15, 0.2) is 22.7 Å². The molecule has 1 aromatic rings. The van der Waals surface area contributed by atoms with E-state index in [2.05, 4.69) is 33.5 Å². The number of hydrogen-bond acceptors (Lipinski definition) is 2. The molecular formula is C14H19BrN2O. The average molecular weight is 311 g/mol. The summed E-state index contributed by atoms with van der Waals surface area (Å²) in [6.07, 6.45) is 2.06. The maximum Gasteiger partial charge on any atom is 0.241 e. The molecule has 0 saturated carbocycles. The van der Waals surface area contributed by atoms with Gasteiger partial charge in [-0.1, -0.05) is 13.0 Å². The zero-order valence-electron chi connectivity index (χ0n) is 10.8. The summed E-state index contributed by atoms with van der Waals surface area (Å²) >= 11 is 3.48. The number of halogens is 1. The fourth-order valence-electron chi connectivity index (χ4n) is 2.25. The lowest BCUT2D eigenvalue weighted by Crippen LogP contribution is -2.45. The Labute approximate surface area is 116 Å². The van der Waals surface area contributed by atoms with Crippen LogP contribution in [0, 0.1) is 12.8 Å². The number of hydrogen-bond donors (Lipinski definition) is 2. The second kappa shape index (κ2) is 5.85. The van der Waals surface area contributed by atoms with Crippen molar-refractivity contribution in [1.82, 2.24) is 5.32 Å². The van der Waals surface area contributed by atoms with E-state index in [-0.39, 0.29) is 11.9 Å². The maximum atomic E-state index is 12.2. The fourth-order valence-corrected chi connectivity index (χ4v) is 2.84. The minimum Gasteiger partial charge on any atom is -0.324 e. The van der Waals surface area contributed by atoms with Gasteiger partial charge in [-0.25, -0.2) is 0 Å². The molecule has 1 fully saturated rings. The van der Waals surface area contributed by atoms with E-state index in [1.165, 1.54) is 5.56 Å². The molecule has 0 aromatic heterocycles. The highest BCUT2D eigenvalue weighted by Crippen LogP contribution is 2.24. The van der Waals surface area contributed by atoms with Gasteiger partial charge in [0.25, 0.3) is 0 Å². The number of piperidine rings is 1. The molecule has 1 amide bonds. The van der Waals surface area contributed by atoms with Gasteiger partial charge in [0, 0.05) is 4.47 Å². The molecular weight excluding hydrogens is 292 g/mol. The predicted molar refractivity (Wildman–Crippen MR) is 77.7 cm³/mol. The second-order valence-corrected chi connectivity index (χ2v) is 5.96. The van der Waals surface area contributed by atoms with Gasteiger partial charge < -0.3 is 10.6 Å². The third-order valence-corrected chi connectivity index (χ3v) is 4.02. The third-order valence-electron chi connectivity index (χ3n) is 3.36. The Morgan fingerprint density at radius 1 is 1.50 bits per heavy atom. The van der Waals surface area contributed by atoms with Crippen molar-refractivity contribution in [3.05, 3.63) is 28.2 Å². The van der Waals surface area contributed by atoms with Gasteiger partial charge >= 0.3 is 0 Å². The Morgan fingerprint density at radius 2 is 2.28 bits per heavy atom. The number of nitrogens with one attached hydrogen (secondary N) is 2. The van der Waals surface area contributed by atoms with Gasteiger partial charge in [0.1, 0.15) is 0 Å². The molecule has 4 heteroatoms. The van der Waals surface area contributed by atoms with Crippen LogP contribution in [0.25, 0.3) is 0 Å². The summed E-state index contributed by atoms with van der Waals surface area (Å²) in [5.41, 5.74) is 2.01. The average Bonchev–Trinajstić information content (AvgIpc) is 2.32. The molecule has 0 aliphatic carbocycles. The minimum absolute atomic E-state index is 0.0612. The molecule has 2 unspecified atom stereocenters. The molecule has 98 valence electrons. The summed E-state index contributed by atoms with van der Waals surface area (Å²) in [6.45, 7) is 5.15. The van der Waals surface area contributed by atoms with Gasteiger partial charge in [-0.15, -0.1) is 0 Å². The first-order valence-corrected chi connectivity index (χ1v) is 7.16. The largest absolute Gasteiger partial charge is 0.324 e. The van der Waals surface area contributed by atoms with E-state index in [9.17, 15) is 4.79 Å². The van der Waals surface area contributed by atoms with E-state index in [0.29, 0.717) is 5.92 Å². The van der Waals surface area contributed by atoms with E-state index < -0.39 is 0 Å². The van der Waals surface area contributed by atoms with Crippen molar-refractivity contribution in [2.24, 2.45) is 5.92 Å². The van der Waals surface area contributed by atoms with Crippen LogP contribution in [-0.4, -0.2) is 18.5 Å². The van der Waals surface area contributed by atoms with Crippen LogP contribution in [-0.2, 0) is 4.79 Å². The Hall–Kier alpha value is -0.870. The van der Waals surface area contributed by atoms with Gasteiger partial charge in [-0.3, -0.25) is 4.79 Å². The fraction of sp³-hybridized carbons (Fsp3) is 0.500. The van der Waals surface area contributed by atoms with Gasteiger partial charge in [-0.05, 0) is 65.9 Å². The van der Waals surface area contributed by atoms with Crippen molar-refractivity contribution >= 4 is 27.5 Å².